The highest BCUT2D eigenvalue weighted by Crippen LogP contribution is 2.30. The van der Waals surface area contributed by atoms with Gasteiger partial charge in [-0.2, -0.15) is 0 Å². The third-order valence-electron chi connectivity index (χ3n) is 2.24. The van der Waals surface area contributed by atoms with Crippen LogP contribution in [0.15, 0.2) is 11.1 Å². The Hall–Kier alpha value is -0.790. The molecule has 1 rings (SSSR count). The zero-order valence-electron chi connectivity index (χ0n) is 7.76. The highest BCUT2D eigenvalue weighted by molar-refractivity contribution is 5.88. The molecule has 0 aliphatic heterocycles. The van der Waals surface area contributed by atoms with Crippen molar-refractivity contribution in [2.45, 2.75) is 39.5 Å². The molecule has 0 heterocycles. The van der Waals surface area contributed by atoms with Crippen molar-refractivity contribution in [3.63, 3.8) is 0 Å². The molecule has 1 aliphatic rings. The van der Waals surface area contributed by atoms with Crippen molar-refractivity contribution in [2.24, 2.45) is 5.92 Å². The van der Waals surface area contributed by atoms with Crippen LogP contribution in [0.2, 0.25) is 0 Å². The van der Waals surface area contributed by atoms with Gasteiger partial charge in [0.2, 0.25) is 0 Å². The average molecular weight is 168 g/mol. The number of rotatable bonds is 3. The van der Waals surface area contributed by atoms with Crippen LogP contribution in [0.1, 0.15) is 39.5 Å². The lowest BCUT2D eigenvalue weighted by Crippen LogP contribution is -2.01. The third kappa shape index (κ3) is 2.10. The quantitative estimate of drug-likeness (QED) is 0.703. The average Bonchev–Trinajstić information content (AvgIpc) is 2.33. The maximum atomic E-state index is 10.7. The van der Waals surface area contributed by atoms with E-state index < -0.39 is 5.97 Å². The molecule has 0 aromatic rings. The predicted molar refractivity (Wildman–Crippen MR) is 48.0 cm³/mol. The molecule has 0 aromatic carbocycles. The minimum atomic E-state index is -0.705. The molecule has 0 aromatic heterocycles. The fourth-order valence-corrected chi connectivity index (χ4v) is 1.78. The van der Waals surface area contributed by atoms with E-state index in [9.17, 15) is 4.79 Å². The van der Waals surface area contributed by atoms with Crippen LogP contribution in [0.5, 0.6) is 0 Å². The fraction of sp³-hybridized carbons (Fsp3) is 0.700. The molecule has 2 heteroatoms. The van der Waals surface area contributed by atoms with Gasteiger partial charge in [-0.25, -0.2) is 4.79 Å². The minimum absolute atomic E-state index is 0.576. The van der Waals surface area contributed by atoms with Crippen LogP contribution < -0.4 is 0 Å². The zero-order valence-corrected chi connectivity index (χ0v) is 7.76. The van der Waals surface area contributed by atoms with Crippen molar-refractivity contribution in [3.05, 3.63) is 11.1 Å². The second-order valence-corrected chi connectivity index (χ2v) is 3.84. The number of carboxylic acids is 1. The topological polar surface area (TPSA) is 37.3 Å². The van der Waals surface area contributed by atoms with Gasteiger partial charge in [0.1, 0.15) is 0 Å². The zero-order chi connectivity index (χ0) is 9.14. The molecule has 1 aliphatic carbocycles. The number of carbonyl (C=O) groups is 1. The summed E-state index contributed by atoms with van der Waals surface area (Å²) in [6.45, 7) is 4.26. The van der Waals surface area contributed by atoms with Gasteiger partial charge in [0.15, 0.2) is 0 Å². The Morgan fingerprint density at radius 2 is 2.17 bits per heavy atom. The summed E-state index contributed by atoms with van der Waals surface area (Å²) in [7, 11) is 0. The fourth-order valence-electron chi connectivity index (χ4n) is 1.78. The molecular formula is C10H16O2. The summed E-state index contributed by atoms with van der Waals surface area (Å²) in [4.78, 5) is 10.7. The molecule has 0 saturated heterocycles. The number of carboxylic acid groups (broad SMARTS) is 1. The standard InChI is InChI=1S/C10H16O2/c1-7(2)6-8-4-3-5-9(8)10(11)12/h7H,3-6H2,1-2H3,(H,11,12). The normalized spacial score (nSPS) is 17.6. The first-order valence-electron chi connectivity index (χ1n) is 4.55. The molecule has 68 valence electrons. The Morgan fingerprint density at radius 3 is 2.67 bits per heavy atom. The Labute approximate surface area is 73.3 Å². The largest absolute Gasteiger partial charge is 0.478 e. The van der Waals surface area contributed by atoms with Gasteiger partial charge in [0.25, 0.3) is 0 Å². The molecule has 0 amide bonds. The lowest BCUT2D eigenvalue weighted by atomic mass is 10.00. The Balaban J connectivity index is 2.70. The Bertz CT molecular complexity index is 214. The molecule has 12 heavy (non-hydrogen) atoms. The minimum Gasteiger partial charge on any atom is -0.478 e. The second kappa shape index (κ2) is 3.74. The summed E-state index contributed by atoms with van der Waals surface area (Å²) < 4.78 is 0. The number of hydrogen-bond donors (Lipinski definition) is 1. The molecule has 0 atom stereocenters. The first-order chi connectivity index (χ1) is 5.61. The molecule has 1 N–H and O–H groups in total. The van der Waals surface area contributed by atoms with E-state index in [-0.39, 0.29) is 0 Å². The number of allylic oxidation sites excluding steroid dienone is 1. The maximum absolute atomic E-state index is 10.7. The van der Waals surface area contributed by atoms with Crippen molar-refractivity contribution in [1.82, 2.24) is 0 Å². The number of hydrogen-bond acceptors (Lipinski definition) is 1. The second-order valence-electron chi connectivity index (χ2n) is 3.84. The van der Waals surface area contributed by atoms with E-state index in [1.165, 1.54) is 5.57 Å². The van der Waals surface area contributed by atoms with E-state index >= 15 is 0 Å². The highest BCUT2D eigenvalue weighted by Gasteiger charge is 2.20. The summed E-state index contributed by atoms with van der Waals surface area (Å²) in [6.07, 6.45) is 3.77. The van der Waals surface area contributed by atoms with Crippen molar-refractivity contribution in [3.8, 4) is 0 Å². The van der Waals surface area contributed by atoms with Crippen LogP contribution in [-0.4, -0.2) is 11.1 Å². The lowest BCUT2D eigenvalue weighted by molar-refractivity contribution is -0.132. The monoisotopic (exact) mass is 168 g/mol. The molecule has 0 bridgehead atoms. The Kier molecular flexibility index (Phi) is 2.90. The molecule has 0 radical (unpaired) electrons. The maximum Gasteiger partial charge on any atom is 0.331 e. The van der Waals surface area contributed by atoms with Crippen molar-refractivity contribution < 1.29 is 9.90 Å². The number of aliphatic carboxylic acids is 1. The van der Waals surface area contributed by atoms with E-state index in [2.05, 4.69) is 13.8 Å². The molecule has 0 unspecified atom stereocenters. The van der Waals surface area contributed by atoms with Crippen molar-refractivity contribution >= 4 is 5.97 Å². The molecule has 0 saturated carbocycles. The molecule has 2 nitrogen and oxygen atoms in total. The summed E-state index contributed by atoms with van der Waals surface area (Å²) in [5, 5.41) is 8.84. The van der Waals surface area contributed by atoms with Gasteiger partial charge >= 0.3 is 5.97 Å². The lowest BCUT2D eigenvalue weighted by Gasteiger charge is -2.06. The van der Waals surface area contributed by atoms with Crippen LogP contribution in [0.4, 0.5) is 0 Å². The summed E-state index contributed by atoms with van der Waals surface area (Å²) in [5.41, 5.74) is 1.86. The molecule has 0 spiro atoms. The Morgan fingerprint density at radius 1 is 1.50 bits per heavy atom. The van der Waals surface area contributed by atoms with Crippen LogP contribution in [0.25, 0.3) is 0 Å². The smallest absolute Gasteiger partial charge is 0.331 e. The van der Waals surface area contributed by atoms with Gasteiger partial charge in [-0.1, -0.05) is 19.4 Å². The van der Waals surface area contributed by atoms with E-state index in [0.717, 1.165) is 25.7 Å². The first-order valence-corrected chi connectivity index (χ1v) is 4.55. The summed E-state index contributed by atoms with van der Waals surface area (Å²) in [6, 6.07) is 0. The van der Waals surface area contributed by atoms with E-state index in [4.69, 9.17) is 5.11 Å². The van der Waals surface area contributed by atoms with Gasteiger partial charge in [0, 0.05) is 5.57 Å². The van der Waals surface area contributed by atoms with E-state index in [1.807, 2.05) is 0 Å². The first kappa shape index (κ1) is 9.30. The molecular weight excluding hydrogens is 152 g/mol. The SMILES string of the molecule is CC(C)CC1=C(C(=O)O)CCC1. The van der Waals surface area contributed by atoms with Gasteiger partial charge in [0.05, 0.1) is 0 Å². The van der Waals surface area contributed by atoms with Gasteiger partial charge < -0.3 is 5.11 Å². The van der Waals surface area contributed by atoms with Gasteiger partial charge in [-0.15, -0.1) is 0 Å². The predicted octanol–water partition coefficient (Wildman–Crippen LogP) is 2.60. The molecule has 0 fully saturated rings. The van der Waals surface area contributed by atoms with Crippen molar-refractivity contribution in [2.75, 3.05) is 0 Å². The van der Waals surface area contributed by atoms with E-state index in [1.54, 1.807) is 0 Å². The van der Waals surface area contributed by atoms with Crippen LogP contribution in [0.3, 0.4) is 0 Å². The summed E-state index contributed by atoms with van der Waals surface area (Å²) in [5.74, 6) is -0.129. The van der Waals surface area contributed by atoms with Gasteiger partial charge in [-0.3, -0.25) is 0 Å². The third-order valence-corrected chi connectivity index (χ3v) is 2.24. The van der Waals surface area contributed by atoms with Crippen molar-refractivity contribution in [1.29, 1.82) is 0 Å². The summed E-state index contributed by atoms with van der Waals surface area (Å²) >= 11 is 0. The van der Waals surface area contributed by atoms with Crippen LogP contribution >= 0.6 is 0 Å². The van der Waals surface area contributed by atoms with Crippen LogP contribution in [-0.2, 0) is 4.79 Å². The van der Waals surface area contributed by atoms with E-state index in [0.29, 0.717) is 11.5 Å². The highest BCUT2D eigenvalue weighted by atomic mass is 16.4. The van der Waals surface area contributed by atoms with Gasteiger partial charge in [-0.05, 0) is 31.6 Å². The van der Waals surface area contributed by atoms with Crippen LogP contribution in [0, 0.1) is 5.92 Å².